The molecule has 0 radical (unpaired) electrons. The van der Waals surface area contributed by atoms with E-state index in [2.05, 4.69) is 24.9 Å². The summed E-state index contributed by atoms with van der Waals surface area (Å²) in [6.45, 7) is 6.72. The number of ether oxygens (including phenoxy) is 2. The molecule has 7 heteroatoms. The van der Waals surface area contributed by atoms with Gasteiger partial charge in [0, 0.05) is 12.3 Å². The van der Waals surface area contributed by atoms with Gasteiger partial charge in [0.05, 0.1) is 18.2 Å². The second kappa shape index (κ2) is 9.67. The first kappa shape index (κ1) is 22.9. The number of nitriles is 1. The fourth-order valence-corrected chi connectivity index (χ4v) is 3.87. The number of nitrogens with zero attached hydrogens (tertiary/aromatic N) is 2. The molecule has 0 bridgehead atoms. The highest BCUT2D eigenvalue weighted by Crippen LogP contribution is 2.39. The van der Waals surface area contributed by atoms with Crippen molar-refractivity contribution in [1.82, 2.24) is 9.55 Å². The van der Waals surface area contributed by atoms with Crippen molar-refractivity contribution in [3.63, 3.8) is 0 Å². The summed E-state index contributed by atoms with van der Waals surface area (Å²) in [5.41, 5.74) is 1.76. The van der Waals surface area contributed by atoms with Gasteiger partial charge in [-0.3, -0.25) is 14.3 Å². The molecule has 0 unspecified atom stereocenters. The second-order valence-corrected chi connectivity index (χ2v) is 8.32. The van der Waals surface area contributed by atoms with Gasteiger partial charge in [0.15, 0.2) is 11.5 Å². The number of aromatic amines is 1. The Bertz CT molecular complexity index is 1510. The van der Waals surface area contributed by atoms with E-state index in [1.165, 1.54) is 16.8 Å². The number of rotatable bonds is 7. The second-order valence-electron chi connectivity index (χ2n) is 8.32. The number of nitrogens with one attached hydrogen (secondary N) is 1. The van der Waals surface area contributed by atoms with Gasteiger partial charge < -0.3 is 9.47 Å². The molecule has 0 saturated heterocycles. The van der Waals surface area contributed by atoms with Gasteiger partial charge >= 0.3 is 5.69 Å². The van der Waals surface area contributed by atoms with E-state index >= 15 is 0 Å². The number of para-hydroxylation sites is 2. The molecule has 172 valence electrons. The summed E-state index contributed by atoms with van der Waals surface area (Å²) in [5, 5.41) is 11.5. The minimum Gasteiger partial charge on any atom is -0.488 e. The van der Waals surface area contributed by atoms with Gasteiger partial charge in [-0.2, -0.15) is 5.26 Å². The summed E-state index contributed by atoms with van der Waals surface area (Å²) >= 11 is 0. The van der Waals surface area contributed by atoms with Gasteiger partial charge in [-0.05, 0) is 65.1 Å². The maximum atomic E-state index is 11.9. The Balaban J connectivity index is 1.63. The van der Waals surface area contributed by atoms with Crippen LogP contribution in [0.1, 0.15) is 36.5 Å². The number of aryl methyl sites for hydroxylation is 1. The van der Waals surface area contributed by atoms with Crippen molar-refractivity contribution in [2.24, 2.45) is 0 Å². The Morgan fingerprint density at radius 3 is 2.47 bits per heavy atom. The van der Waals surface area contributed by atoms with Crippen LogP contribution >= 0.6 is 0 Å². The predicted molar refractivity (Wildman–Crippen MR) is 131 cm³/mol. The molecule has 4 aromatic rings. The van der Waals surface area contributed by atoms with Gasteiger partial charge in [0.1, 0.15) is 12.4 Å². The molecule has 0 aliphatic rings. The number of hydrogen-bond acceptors (Lipinski definition) is 5. The highest BCUT2D eigenvalue weighted by molar-refractivity contribution is 5.92. The Morgan fingerprint density at radius 1 is 1.00 bits per heavy atom. The van der Waals surface area contributed by atoms with E-state index in [1.807, 2.05) is 49.4 Å². The van der Waals surface area contributed by atoms with Crippen LogP contribution in [0.25, 0.3) is 10.8 Å². The molecule has 0 fully saturated rings. The number of benzene rings is 3. The van der Waals surface area contributed by atoms with Crippen molar-refractivity contribution in [3.05, 3.63) is 98.3 Å². The molecule has 1 heterocycles. The molecule has 0 amide bonds. The summed E-state index contributed by atoms with van der Waals surface area (Å²) in [4.78, 5) is 25.3. The van der Waals surface area contributed by atoms with E-state index in [0.29, 0.717) is 22.8 Å². The lowest BCUT2D eigenvalue weighted by Gasteiger charge is -2.18. The lowest BCUT2D eigenvalue weighted by molar-refractivity contribution is 0.283. The maximum absolute atomic E-state index is 11.9. The molecule has 3 aromatic carbocycles. The molecule has 34 heavy (non-hydrogen) atoms. The largest absolute Gasteiger partial charge is 0.488 e. The molecular weight excluding hydrogens is 430 g/mol. The van der Waals surface area contributed by atoms with E-state index in [0.717, 1.165) is 21.9 Å². The van der Waals surface area contributed by atoms with Gasteiger partial charge in [0.25, 0.3) is 5.56 Å². The first-order valence-electron chi connectivity index (χ1n) is 11.0. The minimum atomic E-state index is -0.481. The third kappa shape index (κ3) is 4.71. The van der Waals surface area contributed by atoms with Crippen molar-refractivity contribution in [1.29, 1.82) is 5.26 Å². The molecular formula is C27H25N3O4. The van der Waals surface area contributed by atoms with Crippen LogP contribution in [-0.2, 0) is 6.54 Å². The number of fused-ring (bicyclic) bond motifs is 1. The number of H-pyrrole nitrogens is 1. The Morgan fingerprint density at radius 2 is 1.76 bits per heavy atom. The standard InChI is InChI=1S/C27H25N3O4/c1-17(2)21-15-25(18(3)22-14-19(16-28)8-9-20(21)22)34-24-7-5-4-6-23(24)33-13-12-30-11-10-26(31)29-27(30)32/h4-11,14-15,17H,12-13H2,1-3H3,(H,29,31,32). The van der Waals surface area contributed by atoms with E-state index < -0.39 is 11.2 Å². The van der Waals surface area contributed by atoms with Crippen LogP contribution in [0.5, 0.6) is 17.2 Å². The average Bonchev–Trinajstić information content (AvgIpc) is 2.82. The molecule has 1 N–H and O–H groups in total. The van der Waals surface area contributed by atoms with Crippen LogP contribution in [0.15, 0.2) is 70.4 Å². The van der Waals surface area contributed by atoms with E-state index in [1.54, 1.807) is 6.07 Å². The van der Waals surface area contributed by atoms with Crippen LogP contribution < -0.4 is 20.7 Å². The fraction of sp³-hybridized carbons (Fsp3) is 0.222. The average molecular weight is 456 g/mol. The van der Waals surface area contributed by atoms with Crippen molar-refractivity contribution in [2.45, 2.75) is 33.2 Å². The first-order valence-corrected chi connectivity index (χ1v) is 11.0. The summed E-state index contributed by atoms with van der Waals surface area (Å²) < 4.78 is 13.6. The summed E-state index contributed by atoms with van der Waals surface area (Å²) in [6, 6.07) is 18.6. The molecule has 0 spiro atoms. The number of aromatic nitrogens is 2. The smallest absolute Gasteiger partial charge is 0.328 e. The van der Waals surface area contributed by atoms with Crippen LogP contribution in [-0.4, -0.2) is 16.2 Å². The maximum Gasteiger partial charge on any atom is 0.328 e. The lowest BCUT2D eigenvalue weighted by Crippen LogP contribution is -2.30. The molecule has 0 aliphatic heterocycles. The summed E-state index contributed by atoms with van der Waals surface area (Å²) in [5.74, 6) is 2.04. The first-order chi connectivity index (χ1) is 16.4. The van der Waals surface area contributed by atoms with Crippen molar-refractivity contribution < 1.29 is 9.47 Å². The molecule has 1 aromatic heterocycles. The zero-order chi connectivity index (χ0) is 24.2. The Kier molecular flexibility index (Phi) is 6.51. The van der Waals surface area contributed by atoms with E-state index in [4.69, 9.17) is 9.47 Å². The van der Waals surface area contributed by atoms with Crippen molar-refractivity contribution in [3.8, 4) is 23.3 Å². The quantitative estimate of drug-likeness (QED) is 0.429. The molecule has 7 nitrogen and oxygen atoms in total. The normalized spacial score (nSPS) is 10.9. The highest BCUT2D eigenvalue weighted by atomic mass is 16.5. The third-order valence-electron chi connectivity index (χ3n) is 5.70. The highest BCUT2D eigenvalue weighted by Gasteiger charge is 2.15. The summed E-state index contributed by atoms with van der Waals surface area (Å²) in [6.07, 6.45) is 1.44. The van der Waals surface area contributed by atoms with E-state index in [-0.39, 0.29) is 19.1 Å². The van der Waals surface area contributed by atoms with Gasteiger partial charge in [-0.25, -0.2) is 4.79 Å². The van der Waals surface area contributed by atoms with Crippen molar-refractivity contribution >= 4 is 10.8 Å². The molecule has 4 rings (SSSR count). The van der Waals surface area contributed by atoms with Gasteiger partial charge in [-0.1, -0.05) is 32.0 Å². The zero-order valence-electron chi connectivity index (χ0n) is 19.3. The number of hydrogen-bond donors (Lipinski definition) is 1. The predicted octanol–water partition coefficient (Wildman–Crippen LogP) is 4.86. The Labute approximate surface area is 196 Å². The van der Waals surface area contributed by atoms with Crippen LogP contribution in [0.3, 0.4) is 0 Å². The van der Waals surface area contributed by atoms with Gasteiger partial charge in [-0.15, -0.1) is 0 Å². The van der Waals surface area contributed by atoms with Crippen LogP contribution in [0.4, 0.5) is 0 Å². The van der Waals surface area contributed by atoms with Crippen LogP contribution in [0.2, 0.25) is 0 Å². The van der Waals surface area contributed by atoms with Gasteiger partial charge in [0.2, 0.25) is 0 Å². The molecule has 0 saturated carbocycles. The van der Waals surface area contributed by atoms with Crippen molar-refractivity contribution in [2.75, 3.05) is 6.61 Å². The van der Waals surface area contributed by atoms with E-state index in [9.17, 15) is 14.9 Å². The minimum absolute atomic E-state index is 0.214. The third-order valence-corrected chi connectivity index (χ3v) is 5.70. The Hall–Kier alpha value is -4.31. The molecule has 0 atom stereocenters. The molecule has 0 aliphatic carbocycles. The summed E-state index contributed by atoms with van der Waals surface area (Å²) in [7, 11) is 0. The zero-order valence-corrected chi connectivity index (χ0v) is 19.3. The fourth-order valence-electron chi connectivity index (χ4n) is 3.87. The topological polar surface area (TPSA) is 97.1 Å². The monoisotopic (exact) mass is 455 g/mol. The lowest BCUT2D eigenvalue weighted by atomic mass is 9.92. The SMILES string of the molecule is Cc1c(Oc2ccccc2OCCn2ccc(=O)[nH]c2=O)cc(C(C)C)c2ccc(C#N)cc12. The van der Waals surface area contributed by atoms with Crippen LogP contribution in [0, 0.1) is 18.3 Å².